The van der Waals surface area contributed by atoms with E-state index in [1.807, 2.05) is 29.2 Å². The number of carbonyl (C=O) groups is 1. The van der Waals surface area contributed by atoms with Crippen molar-refractivity contribution >= 4 is 34.7 Å². The molecule has 2 aromatic rings. The zero-order valence-electron chi connectivity index (χ0n) is 12.4. The second kappa shape index (κ2) is 5.63. The third-order valence-electron chi connectivity index (χ3n) is 4.01. The molecule has 0 aromatic heterocycles. The van der Waals surface area contributed by atoms with Gasteiger partial charge in [0.2, 0.25) is 0 Å². The van der Waals surface area contributed by atoms with Crippen LogP contribution in [0.15, 0.2) is 58.5 Å². The van der Waals surface area contributed by atoms with Crippen LogP contribution in [0.5, 0.6) is 0 Å². The summed E-state index contributed by atoms with van der Waals surface area (Å²) in [5.41, 5.74) is 2.51. The number of fused-ring (bicyclic) bond motifs is 3. The monoisotopic (exact) mass is 323 g/mol. The van der Waals surface area contributed by atoms with Gasteiger partial charge in [-0.1, -0.05) is 35.9 Å². The zero-order valence-corrected chi connectivity index (χ0v) is 13.1. The summed E-state index contributed by atoms with van der Waals surface area (Å²) in [5.74, 6) is 1.69. The summed E-state index contributed by atoms with van der Waals surface area (Å²) in [6, 6.07) is 14.9. The maximum Gasteiger partial charge on any atom is 0.170 e. The van der Waals surface area contributed by atoms with E-state index in [-0.39, 0.29) is 12.2 Å². The highest BCUT2D eigenvalue weighted by Crippen LogP contribution is 2.29. The van der Waals surface area contributed by atoms with Crippen molar-refractivity contribution in [1.29, 1.82) is 0 Å². The molecular weight excluding hydrogens is 310 g/mol. The number of ketones is 1. The highest BCUT2D eigenvalue weighted by atomic mass is 35.5. The molecule has 0 bridgehead atoms. The van der Waals surface area contributed by atoms with Crippen LogP contribution < -0.4 is 0 Å². The van der Waals surface area contributed by atoms with E-state index in [9.17, 15) is 4.79 Å². The molecule has 0 fully saturated rings. The van der Waals surface area contributed by atoms with Crippen LogP contribution >= 0.6 is 11.6 Å². The van der Waals surface area contributed by atoms with Crippen LogP contribution in [0.2, 0.25) is 5.02 Å². The van der Waals surface area contributed by atoms with Gasteiger partial charge in [-0.2, -0.15) is 0 Å². The Hall–Kier alpha value is -2.46. The number of aliphatic imine (C=N–C) groups is 2. The Labute approximate surface area is 139 Å². The van der Waals surface area contributed by atoms with Crippen LogP contribution in [0.25, 0.3) is 0 Å². The van der Waals surface area contributed by atoms with Gasteiger partial charge in [0.15, 0.2) is 5.78 Å². The third-order valence-corrected chi connectivity index (χ3v) is 4.25. The van der Waals surface area contributed by atoms with Gasteiger partial charge < -0.3 is 4.90 Å². The fourth-order valence-corrected chi connectivity index (χ4v) is 3.12. The minimum Gasteiger partial charge on any atom is -0.312 e. The van der Waals surface area contributed by atoms with Crippen LogP contribution in [0, 0.1) is 0 Å². The summed E-state index contributed by atoms with van der Waals surface area (Å²) >= 11 is 5.98. The zero-order chi connectivity index (χ0) is 15.8. The van der Waals surface area contributed by atoms with Gasteiger partial charge in [0.1, 0.15) is 11.7 Å². The number of nitrogens with zero attached hydrogens (tertiary/aromatic N) is 3. The molecule has 114 valence electrons. The van der Waals surface area contributed by atoms with Gasteiger partial charge in [-0.15, -0.1) is 0 Å². The molecule has 0 aliphatic carbocycles. The van der Waals surface area contributed by atoms with E-state index in [2.05, 4.69) is 9.98 Å². The minimum absolute atomic E-state index is 0.0110. The topological polar surface area (TPSA) is 45.0 Å². The van der Waals surface area contributed by atoms with E-state index in [0.29, 0.717) is 10.6 Å². The van der Waals surface area contributed by atoms with Gasteiger partial charge in [0.05, 0.1) is 18.7 Å². The Kier molecular flexibility index (Phi) is 3.46. The third kappa shape index (κ3) is 2.55. The quantitative estimate of drug-likeness (QED) is 0.808. The molecule has 0 saturated heterocycles. The molecule has 0 N–H and O–H groups in total. The van der Waals surface area contributed by atoms with E-state index in [0.717, 1.165) is 36.0 Å². The lowest BCUT2D eigenvalue weighted by Crippen LogP contribution is -2.38. The molecule has 0 spiro atoms. The molecule has 0 saturated carbocycles. The average Bonchev–Trinajstić information content (AvgIpc) is 3.05. The molecule has 5 heteroatoms. The number of Topliss-reactive ketones (excluding diaryl/α,β-unsaturated/α-hetero) is 1. The first-order valence-electron chi connectivity index (χ1n) is 7.50. The SMILES string of the molecule is O=C(CC1=Nc2ccccc2C2=NCCN12)c1cccc(Cl)c1. The van der Waals surface area contributed by atoms with Gasteiger partial charge in [-0.3, -0.25) is 9.79 Å². The Morgan fingerprint density at radius 3 is 2.91 bits per heavy atom. The maximum atomic E-state index is 12.6. The maximum absolute atomic E-state index is 12.6. The van der Waals surface area contributed by atoms with E-state index >= 15 is 0 Å². The molecule has 0 radical (unpaired) electrons. The number of rotatable bonds is 3. The Bertz CT molecular complexity index is 857. The van der Waals surface area contributed by atoms with Crippen LogP contribution in [0.1, 0.15) is 22.3 Å². The normalized spacial score (nSPS) is 15.6. The predicted octanol–water partition coefficient (Wildman–Crippen LogP) is 3.72. The summed E-state index contributed by atoms with van der Waals surface area (Å²) in [4.78, 5) is 23.9. The molecule has 0 amide bonds. The lowest BCUT2D eigenvalue weighted by molar-refractivity contribution is 0.0998. The molecule has 2 heterocycles. The minimum atomic E-state index is 0.0110. The first-order valence-corrected chi connectivity index (χ1v) is 7.88. The molecule has 0 unspecified atom stereocenters. The van der Waals surface area contributed by atoms with E-state index in [1.165, 1.54) is 0 Å². The van der Waals surface area contributed by atoms with Crippen molar-refractivity contribution in [3.05, 3.63) is 64.7 Å². The average molecular weight is 324 g/mol. The standard InChI is InChI=1S/C18H14ClN3O/c19-13-5-3-4-12(10-13)16(23)11-17-21-15-7-2-1-6-14(15)18-20-8-9-22(17)18/h1-7,10H,8-9,11H2. The Morgan fingerprint density at radius 1 is 1.17 bits per heavy atom. The van der Waals surface area contributed by atoms with Crippen molar-refractivity contribution in [2.45, 2.75) is 6.42 Å². The fourth-order valence-electron chi connectivity index (χ4n) is 2.93. The molecular formula is C18H14ClN3O. The van der Waals surface area contributed by atoms with Crippen molar-refractivity contribution in [2.24, 2.45) is 9.98 Å². The van der Waals surface area contributed by atoms with Crippen LogP contribution in [-0.2, 0) is 0 Å². The predicted molar refractivity (Wildman–Crippen MR) is 92.0 cm³/mol. The van der Waals surface area contributed by atoms with Gasteiger partial charge in [-0.25, -0.2) is 4.99 Å². The van der Waals surface area contributed by atoms with Gasteiger partial charge in [0.25, 0.3) is 0 Å². The molecule has 0 atom stereocenters. The molecule has 4 nitrogen and oxygen atoms in total. The molecule has 2 aliphatic heterocycles. The summed E-state index contributed by atoms with van der Waals surface area (Å²) < 4.78 is 0. The number of hydrogen-bond acceptors (Lipinski definition) is 4. The molecule has 4 rings (SSSR count). The fraction of sp³-hybridized carbons (Fsp3) is 0.167. The van der Waals surface area contributed by atoms with Crippen LogP contribution in [0.4, 0.5) is 5.69 Å². The number of hydrogen-bond donors (Lipinski definition) is 0. The summed E-state index contributed by atoms with van der Waals surface area (Å²) in [6.45, 7) is 1.50. The molecule has 23 heavy (non-hydrogen) atoms. The molecule has 2 aliphatic rings. The number of benzene rings is 2. The van der Waals surface area contributed by atoms with Crippen molar-refractivity contribution in [3.8, 4) is 0 Å². The van der Waals surface area contributed by atoms with Crippen molar-refractivity contribution in [1.82, 2.24) is 4.90 Å². The van der Waals surface area contributed by atoms with Crippen molar-refractivity contribution < 1.29 is 4.79 Å². The second-order valence-electron chi connectivity index (χ2n) is 5.51. The summed E-state index contributed by atoms with van der Waals surface area (Å²) in [6.07, 6.45) is 0.244. The lowest BCUT2D eigenvalue weighted by atomic mass is 10.0. The molecule has 2 aromatic carbocycles. The largest absolute Gasteiger partial charge is 0.312 e. The summed E-state index contributed by atoms with van der Waals surface area (Å²) in [5, 5.41) is 0.565. The van der Waals surface area contributed by atoms with Gasteiger partial charge in [-0.05, 0) is 24.3 Å². The Balaban J connectivity index is 1.68. The smallest absolute Gasteiger partial charge is 0.170 e. The Morgan fingerprint density at radius 2 is 2.04 bits per heavy atom. The van der Waals surface area contributed by atoms with Crippen molar-refractivity contribution in [3.63, 3.8) is 0 Å². The highest BCUT2D eigenvalue weighted by molar-refractivity contribution is 6.31. The number of para-hydroxylation sites is 1. The summed E-state index contributed by atoms with van der Waals surface area (Å²) in [7, 11) is 0. The van der Waals surface area contributed by atoms with Crippen LogP contribution in [0.3, 0.4) is 0 Å². The second-order valence-corrected chi connectivity index (χ2v) is 5.95. The van der Waals surface area contributed by atoms with E-state index in [1.54, 1.807) is 24.3 Å². The van der Waals surface area contributed by atoms with Crippen LogP contribution in [-0.4, -0.2) is 35.4 Å². The number of halogens is 1. The lowest BCUT2D eigenvalue weighted by Gasteiger charge is -2.27. The highest BCUT2D eigenvalue weighted by Gasteiger charge is 2.30. The van der Waals surface area contributed by atoms with Crippen molar-refractivity contribution in [2.75, 3.05) is 13.1 Å². The number of carbonyl (C=O) groups excluding carboxylic acids is 1. The van der Waals surface area contributed by atoms with E-state index < -0.39 is 0 Å². The van der Waals surface area contributed by atoms with E-state index in [4.69, 9.17) is 11.6 Å². The number of amidine groups is 2. The first kappa shape index (κ1) is 14.2. The van der Waals surface area contributed by atoms with Gasteiger partial charge >= 0.3 is 0 Å². The first-order chi connectivity index (χ1) is 11.2. The van der Waals surface area contributed by atoms with Gasteiger partial charge in [0, 0.05) is 22.7 Å².